The van der Waals surface area contributed by atoms with Crippen LogP contribution < -0.4 is 5.32 Å². The van der Waals surface area contributed by atoms with Gasteiger partial charge in [-0.25, -0.2) is 4.68 Å². The van der Waals surface area contributed by atoms with Crippen molar-refractivity contribution in [1.29, 1.82) is 0 Å². The first kappa shape index (κ1) is 15.3. The normalized spacial score (nSPS) is 15.1. The molecule has 0 fully saturated rings. The van der Waals surface area contributed by atoms with Crippen molar-refractivity contribution >= 4 is 11.7 Å². The van der Waals surface area contributed by atoms with Crippen molar-refractivity contribution in [2.75, 3.05) is 6.54 Å². The maximum absolute atomic E-state index is 12.3. The van der Waals surface area contributed by atoms with Crippen LogP contribution >= 0.6 is 0 Å². The number of benzene rings is 2. The molecule has 0 spiro atoms. The Hall–Kier alpha value is -3.21. The largest absolute Gasteiger partial charge is 0.349 e. The van der Waals surface area contributed by atoms with Gasteiger partial charge >= 0.3 is 0 Å². The van der Waals surface area contributed by atoms with E-state index in [-0.39, 0.29) is 5.56 Å². The molecule has 3 aromatic rings. The summed E-state index contributed by atoms with van der Waals surface area (Å²) >= 11 is 0. The van der Waals surface area contributed by atoms with E-state index in [1.807, 2.05) is 42.5 Å². The Morgan fingerprint density at radius 1 is 1.08 bits per heavy atom. The fourth-order valence-electron chi connectivity index (χ4n) is 3.13. The van der Waals surface area contributed by atoms with E-state index in [1.165, 1.54) is 17.3 Å². The van der Waals surface area contributed by atoms with Crippen LogP contribution in [0.4, 0.5) is 0 Å². The average Bonchev–Trinajstić information content (AvgIpc) is 3.12. The minimum Gasteiger partial charge on any atom is -0.349 e. The summed E-state index contributed by atoms with van der Waals surface area (Å²) in [5.74, 6) is -0.855. The maximum atomic E-state index is 12.3. The molecular weight excluding hydrogens is 314 g/mol. The molecule has 1 atom stereocenters. The van der Waals surface area contributed by atoms with Gasteiger partial charge < -0.3 is 5.32 Å². The van der Waals surface area contributed by atoms with Gasteiger partial charge in [-0.3, -0.25) is 9.59 Å². The Morgan fingerprint density at radius 2 is 1.84 bits per heavy atom. The summed E-state index contributed by atoms with van der Waals surface area (Å²) in [6, 6.07) is 17.6. The van der Waals surface area contributed by atoms with Crippen LogP contribution in [0.3, 0.4) is 0 Å². The zero-order chi connectivity index (χ0) is 17.2. The van der Waals surface area contributed by atoms with E-state index in [0.29, 0.717) is 12.5 Å². The number of aromatic nitrogens is 2. The van der Waals surface area contributed by atoms with Crippen LogP contribution in [0.5, 0.6) is 0 Å². The van der Waals surface area contributed by atoms with Gasteiger partial charge in [0.2, 0.25) is 0 Å². The Labute approximate surface area is 145 Å². The lowest BCUT2D eigenvalue weighted by atomic mass is 9.77. The molecule has 4 rings (SSSR count). The second-order valence-electron chi connectivity index (χ2n) is 6.15. The van der Waals surface area contributed by atoms with Crippen molar-refractivity contribution in [3.8, 4) is 5.69 Å². The molecule has 1 aromatic heterocycles. The number of ketones is 1. The third-order valence-electron chi connectivity index (χ3n) is 4.54. The second kappa shape index (κ2) is 6.36. The maximum Gasteiger partial charge on any atom is 0.292 e. The number of rotatable bonds is 5. The molecule has 0 aliphatic heterocycles. The van der Waals surface area contributed by atoms with Crippen LogP contribution in [0.2, 0.25) is 0 Å². The standard InChI is InChI=1S/C20H17N3O2/c24-19(16-12-22-23(13-16)17-7-2-1-3-8-17)20(25)21-11-15-10-14-6-4-5-9-18(14)15/h1-9,12-13,15H,10-11H2,(H,21,25)/t15-/m1/s1. The number of fused-ring (bicyclic) bond motifs is 1. The van der Waals surface area contributed by atoms with Gasteiger partial charge in [0.25, 0.3) is 11.7 Å². The summed E-state index contributed by atoms with van der Waals surface area (Å²) in [5, 5.41) is 6.91. The quantitative estimate of drug-likeness (QED) is 0.577. The van der Waals surface area contributed by atoms with Gasteiger partial charge in [-0.05, 0) is 29.7 Å². The number of para-hydroxylation sites is 1. The van der Waals surface area contributed by atoms with Crippen LogP contribution in [0.1, 0.15) is 27.4 Å². The second-order valence-corrected chi connectivity index (χ2v) is 6.15. The number of nitrogens with zero attached hydrogens (tertiary/aromatic N) is 2. The van der Waals surface area contributed by atoms with Crippen molar-refractivity contribution in [2.24, 2.45) is 0 Å². The summed E-state index contributed by atoms with van der Waals surface area (Å²) in [6.07, 6.45) is 3.94. The molecule has 124 valence electrons. The molecule has 0 radical (unpaired) electrons. The third kappa shape index (κ3) is 2.96. The zero-order valence-electron chi connectivity index (χ0n) is 13.6. The molecule has 1 N–H and O–H groups in total. The van der Waals surface area contributed by atoms with Gasteiger partial charge in [0.1, 0.15) is 0 Å². The number of carbonyl (C=O) groups excluding carboxylic acids is 2. The smallest absolute Gasteiger partial charge is 0.292 e. The Balaban J connectivity index is 1.38. The molecular formula is C20H17N3O2. The summed E-state index contributed by atoms with van der Waals surface area (Å²) in [7, 11) is 0. The van der Waals surface area contributed by atoms with Crippen LogP contribution in [0, 0.1) is 0 Å². The first-order valence-corrected chi connectivity index (χ1v) is 8.23. The van der Waals surface area contributed by atoms with Crippen LogP contribution in [0.15, 0.2) is 67.0 Å². The molecule has 2 aromatic carbocycles. The van der Waals surface area contributed by atoms with Crippen LogP contribution in [0.25, 0.3) is 5.69 Å². The Bertz CT molecular complexity index is 931. The Morgan fingerprint density at radius 3 is 2.64 bits per heavy atom. The first-order chi connectivity index (χ1) is 12.2. The highest BCUT2D eigenvalue weighted by molar-refractivity contribution is 6.42. The van der Waals surface area contributed by atoms with Crippen molar-refractivity contribution in [3.63, 3.8) is 0 Å². The lowest BCUT2D eigenvalue weighted by Gasteiger charge is -2.30. The minimum atomic E-state index is -0.586. The number of carbonyl (C=O) groups is 2. The monoisotopic (exact) mass is 331 g/mol. The topological polar surface area (TPSA) is 64.0 Å². The summed E-state index contributed by atoms with van der Waals surface area (Å²) < 4.78 is 1.59. The first-order valence-electron chi connectivity index (χ1n) is 8.23. The number of amides is 1. The Kier molecular flexibility index (Phi) is 3.90. The highest BCUT2D eigenvalue weighted by Gasteiger charge is 2.27. The fourth-order valence-corrected chi connectivity index (χ4v) is 3.13. The zero-order valence-corrected chi connectivity index (χ0v) is 13.6. The number of hydrogen-bond acceptors (Lipinski definition) is 3. The summed E-state index contributed by atoms with van der Waals surface area (Å²) in [5.41, 5.74) is 3.70. The third-order valence-corrected chi connectivity index (χ3v) is 4.54. The molecule has 1 heterocycles. The SMILES string of the molecule is O=C(NC[C@H]1Cc2ccccc21)C(=O)c1cnn(-c2ccccc2)c1. The molecule has 1 aliphatic carbocycles. The molecule has 0 unspecified atom stereocenters. The molecule has 0 bridgehead atoms. The van der Waals surface area contributed by atoms with Gasteiger partial charge in [-0.15, -0.1) is 0 Å². The predicted octanol–water partition coefficient (Wildman–Crippen LogP) is 2.51. The van der Waals surface area contributed by atoms with E-state index in [2.05, 4.69) is 22.5 Å². The lowest BCUT2D eigenvalue weighted by molar-refractivity contribution is -0.117. The molecule has 25 heavy (non-hydrogen) atoms. The van der Waals surface area contributed by atoms with Crippen LogP contribution in [-0.2, 0) is 11.2 Å². The molecule has 5 heteroatoms. The van der Waals surface area contributed by atoms with Crippen LogP contribution in [-0.4, -0.2) is 28.0 Å². The molecule has 1 amide bonds. The average molecular weight is 331 g/mol. The van der Waals surface area contributed by atoms with Gasteiger partial charge in [0.05, 0.1) is 17.4 Å². The van der Waals surface area contributed by atoms with E-state index in [9.17, 15) is 9.59 Å². The van der Waals surface area contributed by atoms with Crippen molar-refractivity contribution in [1.82, 2.24) is 15.1 Å². The number of hydrogen-bond donors (Lipinski definition) is 1. The van der Waals surface area contributed by atoms with Gasteiger partial charge in [-0.2, -0.15) is 5.10 Å². The molecule has 0 saturated heterocycles. The number of nitrogens with one attached hydrogen (secondary N) is 1. The minimum absolute atomic E-state index is 0.287. The summed E-state index contributed by atoms with van der Waals surface area (Å²) in [6.45, 7) is 0.481. The summed E-state index contributed by atoms with van der Waals surface area (Å²) in [4.78, 5) is 24.4. The van der Waals surface area contributed by atoms with Gasteiger partial charge in [-0.1, -0.05) is 42.5 Å². The van der Waals surface area contributed by atoms with E-state index in [1.54, 1.807) is 10.9 Å². The van der Waals surface area contributed by atoms with Gasteiger partial charge in [0, 0.05) is 18.7 Å². The highest BCUT2D eigenvalue weighted by Crippen LogP contribution is 2.33. The van der Waals surface area contributed by atoms with E-state index in [4.69, 9.17) is 0 Å². The van der Waals surface area contributed by atoms with E-state index < -0.39 is 11.7 Å². The molecule has 1 aliphatic rings. The number of Topliss-reactive ketones (excluding diaryl/α,β-unsaturated/α-hetero) is 1. The lowest BCUT2D eigenvalue weighted by Crippen LogP contribution is -2.37. The molecule has 5 nitrogen and oxygen atoms in total. The highest BCUT2D eigenvalue weighted by atomic mass is 16.2. The predicted molar refractivity (Wildman–Crippen MR) is 93.8 cm³/mol. The molecule has 0 saturated carbocycles. The van der Waals surface area contributed by atoms with E-state index in [0.717, 1.165) is 12.1 Å². The van der Waals surface area contributed by atoms with Crippen molar-refractivity contribution in [3.05, 3.63) is 83.7 Å². The van der Waals surface area contributed by atoms with Crippen molar-refractivity contribution in [2.45, 2.75) is 12.3 Å². The fraction of sp³-hybridized carbons (Fsp3) is 0.150. The van der Waals surface area contributed by atoms with E-state index >= 15 is 0 Å². The van der Waals surface area contributed by atoms with Crippen molar-refractivity contribution < 1.29 is 9.59 Å². The van der Waals surface area contributed by atoms with Gasteiger partial charge in [0.15, 0.2) is 0 Å².